The van der Waals surface area contributed by atoms with Gasteiger partial charge in [0.25, 0.3) is 0 Å². The van der Waals surface area contributed by atoms with Gasteiger partial charge in [-0.25, -0.2) is 0 Å². The standard InChI is InChI=1S/C13H26N2O2/c1-3-10(2)12(14)13(17)15(8-5-9-16)11-6-4-7-11/h10-12,16H,3-9,14H2,1-2H3. The first-order chi connectivity index (χ1) is 8.11. The maximum Gasteiger partial charge on any atom is 0.240 e. The number of amides is 1. The Bertz CT molecular complexity index is 242. The minimum Gasteiger partial charge on any atom is -0.396 e. The van der Waals surface area contributed by atoms with Crippen molar-refractivity contribution in [2.75, 3.05) is 13.2 Å². The van der Waals surface area contributed by atoms with Gasteiger partial charge in [0.15, 0.2) is 0 Å². The van der Waals surface area contributed by atoms with E-state index in [1.807, 2.05) is 11.8 Å². The number of carbonyl (C=O) groups excluding carboxylic acids is 1. The molecule has 0 heterocycles. The van der Waals surface area contributed by atoms with E-state index in [1.165, 1.54) is 6.42 Å². The second-order valence-corrected chi connectivity index (χ2v) is 5.10. The molecule has 1 fully saturated rings. The van der Waals surface area contributed by atoms with Crippen LogP contribution < -0.4 is 5.73 Å². The Labute approximate surface area is 104 Å². The van der Waals surface area contributed by atoms with Gasteiger partial charge in [0, 0.05) is 19.2 Å². The van der Waals surface area contributed by atoms with Gasteiger partial charge in [0.05, 0.1) is 6.04 Å². The molecule has 0 spiro atoms. The molecule has 1 amide bonds. The monoisotopic (exact) mass is 242 g/mol. The molecule has 1 aliphatic carbocycles. The second kappa shape index (κ2) is 6.97. The molecule has 0 aromatic carbocycles. The molecule has 17 heavy (non-hydrogen) atoms. The molecule has 0 bridgehead atoms. The number of carbonyl (C=O) groups is 1. The van der Waals surface area contributed by atoms with Gasteiger partial charge in [-0.1, -0.05) is 20.3 Å². The third-order valence-corrected chi connectivity index (χ3v) is 3.90. The van der Waals surface area contributed by atoms with Gasteiger partial charge in [0.2, 0.25) is 5.91 Å². The lowest BCUT2D eigenvalue weighted by Crippen LogP contribution is -2.53. The summed E-state index contributed by atoms with van der Waals surface area (Å²) in [5, 5.41) is 8.89. The summed E-state index contributed by atoms with van der Waals surface area (Å²) in [6.45, 7) is 4.85. The zero-order chi connectivity index (χ0) is 12.8. The highest BCUT2D eigenvalue weighted by Gasteiger charge is 2.32. The summed E-state index contributed by atoms with van der Waals surface area (Å²) in [4.78, 5) is 14.2. The molecule has 0 aromatic heterocycles. The second-order valence-electron chi connectivity index (χ2n) is 5.10. The van der Waals surface area contributed by atoms with E-state index in [-0.39, 0.29) is 24.5 Å². The fraction of sp³-hybridized carbons (Fsp3) is 0.923. The molecule has 0 aliphatic heterocycles. The van der Waals surface area contributed by atoms with Crippen molar-refractivity contribution in [1.29, 1.82) is 0 Å². The van der Waals surface area contributed by atoms with Gasteiger partial charge in [-0.2, -0.15) is 0 Å². The minimum absolute atomic E-state index is 0.0671. The lowest BCUT2D eigenvalue weighted by atomic mass is 9.89. The topological polar surface area (TPSA) is 66.6 Å². The van der Waals surface area contributed by atoms with Crippen LogP contribution in [0, 0.1) is 5.92 Å². The predicted molar refractivity (Wildman–Crippen MR) is 68.5 cm³/mol. The average molecular weight is 242 g/mol. The Morgan fingerprint density at radius 1 is 1.53 bits per heavy atom. The maximum atomic E-state index is 12.3. The smallest absolute Gasteiger partial charge is 0.240 e. The number of nitrogens with zero attached hydrogens (tertiary/aromatic N) is 1. The van der Waals surface area contributed by atoms with Crippen LogP contribution in [0.3, 0.4) is 0 Å². The summed E-state index contributed by atoms with van der Waals surface area (Å²) in [7, 11) is 0. The molecular weight excluding hydrogens is 216 g/mol. The number of nitrogens with two attached hydrogens (primary N) is 1. The normalized spacial score (nSPS) is 19.5. The van der Waals surface area contributed by atoms with Crippen LogP contribution in [0.4, 0.5) is 0 Å². The van der Waals surface area contributed by atoms with Gasteiger partial charge in [-0.3, -0.25) is 4.79 Å². The summed E-state index contributed by atoms with van der Waals surface area (Å²) < 4.78 is 0. The van der Waals surface area contributed by atoms with Crippen molar-refractivity contribution >= 4 is 5.91 Å². The van der Waals surface area contributed by atoms with Crippen molar-refractivity contribution in [2.45, 2.75) is 58.0 Å². The fourth-order valence-electron chi connectivity index (χ4n) is 2.10. The van der Waals surface area contributed by atoms with Crippen LogP contribution in [0.15, 0.2) is 0 Å². The first-order valence-electron chi connectivity index (χ1n) is 6.78. The SMILES string of the molecule is CCC(C)C(N)C(=O)N(CCCO)C1CCC1. The summed E-state index contributed by atoms with van der Waals surface area (Å²) in [5.41, 5.74) is 6.01. The van der Waals surface area contributed by atoms with E-state index in [0.29, 0.717) is 19.0 Å². The number of rotatable bonds is 7. The molecule has 2 unspecified atom stereocenters. The third-order valence-electron chi connectivity index (χ3n) is 3.90. The Hall–Kier alpha value is -0.610. The molecule has 1 aliphatic rings. The van der Waals surface area contributed by atoms with Crippen LogP contribution in [-0.2, 0) is 4.79 Å². The first kappa shape index (κ1) is 14.5. The molecule has 0 saturated heterocycles. The largest absolute Gasteiger partial charge is 0.396 e. The van der Waals surface area contributed by atoms with Crippen LogP contribution in [0.1, 0.15) is 46.0 Å². The molecule has 4 nitrogen and oxygen atoms in total. The summed E-state index contributed by atoms with van der Waals surface area (Å²) >= 11 is 0. The Morgan fingerprint density at radius 3 is 2.59 bits per heavy atom. The molecule has 4 heteroatoms. The molecule has 100 valence electrons. The van der Waals surface area contributed by atoms with Gasteiger partial charge in [-0.05, 0) is 31.6 Å². The lowest BCUT2D eigenvalue weighted by molar-refractivity contribution is -0.138. The highest BCUT2D eigenvalue weighted by atomic mass is 16.3. The van der Waals surface area contributed by atoms with Crippen molar-refractivity contribution in [3.63, 3.8) is 0 Å². The van der Waals surface area contributed by atoms with E-state index in [0.717, 1.165) is 19.3 Å². The fourth-order valence-corrected chi connectivity index (χ4v) is 2.10. The first-order valence-corrected chi connectivity index (χ1v) is 6.78. The van der Waals surface area contributed by atoms with Crippen molar-refractivity contribution in [1.82, 2.24) is 4.90 Å². The summed E-state index contributed by atoms with van der Waals surface area (Å²) in [6.07, 6.45) is 4.95. The molecule has 1 saturated carbocycles. The maximum absolute atomic E-state index is 12.3. The average Bonchev–Trinajstić information content (AvgIpc) is 2.28. The van der Waals surface area contributed by atoms with Crippen LogP contribution >= 0.6 is 0 Å². The highest BCUT2D eigenvalue weighted by Crippen LogP contribution is 2.26. The van der Waals surface area contributed by atoms with Crippen LogP contribution in [0.5, 0.6) is 0 Å². The Balaban J connectivity index is 2.57. The summed E-state index contributed by atoms with van der Waals surface area (Å²) in [6, 6.07) is -0.0246. The number of hydrogen-bond donors (Lipinski definition) is 2. The zero-order valence-electron chi connectivity index (χ0n) is 11.1. The van der Waals surface area contributed by atoms with Crippen molar-refractivity contribution in [2.24, 2.45) is 11.7 Å². The Morgan fingerprint density at radius 2 is 2.18 bits per heavy atom. The van der Waals surface area contributed by atoms with Crippen LogP contribution in [0.25, 0.3) is 0 Å². The molecule has 1 rings (SSSR count). The minimum atomic E-state index is -0.390. The zero-order valence-corrected chi connectivity index (χ0v) is 11.1. The Kier molecular flexibility index (Phi) is 5.92. The third kappa shape index (κ3) is 3.68. The van der Waals surface area contributed by atoms with Crippen molar-refractivity contribution in [3.8, 4) is 0 Å². The van der Waals surface area contributed by atoms with Crippen LogP contribution in [-0.4, -0.2) is 41.1 Å². The number of hydrogen-bond acceptors (Lipinski definition) is 3. The number of aliphatic hydroxyl groups is 1. The lowest BCUT2D eigenvalue weighted by Gasteiger charge is -2.39. The molecule has 0 radical (unpaired) electrons. The van der Waals surface area contributed by atoms with Crippen LogP contribution in [0.2, 0.25) is 0 Å². The van der Waals surface area contributed by atoms with E-state index in [2.05, 4.69) is 6.92 Å². The van der Waals surface area contributed by atoms with E-state index < -0.39 is 0 Å². The van der Waals surface area contributed by atoms with E-state index >= 15 is 0 Å². The molecular formula is C13H26N2O2. The molecule has 0 aromatic rings. The van der Waals surface area contributed by atoms with Gasteiger partial charge in [-0.15, -0.1) is 0 Å². The van der Waals surface area contributed by atoms with Crippen molar-refractivity contribution < 1.29 is 9.90 Å². The van der Waals surface area contributed by atoms with Gasteiger partial charge >= 0.3 is 0 Å². The molecule has 2 atom stereocenters. The van der Waals surface area contributed by atoms with E-state index in [4.69, 9.17) is 10.8 Å². The van der Waals surface area contributed by atoms with E-state index in [9.17, 15) is 4.79 Å². The van der Waals surface area contributed by atoms with Gasteiger partial charge < -0.3 is 15.7 Å². The van der Waals surface area contributed by atoms with E-state index in [1.54, 1.807) is 0 Å². The highest BCUT2D eigenvalue weighted by molar-refractivity contribution is 5.82. The van der Waals surface area contributed by atoms with Gasteiger partial charge in [0.1, 0.15) is 0 Å². The summed E-state index contributed by atoms with van der Waals surface area (Å²) in [5.74, 6) is 0.289. The molecule has 3 N–H and O–H groups in total. The predicted octanol–water partition coefficient (Wildman–Crippen LogP) is 1.12. The quantitative estimate of drug-likeness (QED) is 0.703. The number of aliphatic hydroxyl groups excluding tert-OH is 1. The van der Waals surface area contributed by atoms with Crippen molar-refractivity contribution in [3.05, 3.63) is 0 Å².